The molecule has 0 aromatic rings. The van der Waals surface area contributed by atoms with Crippen molar-refractivity contribution in [1.82, 2.24) is 0 Å². The molecule has 0 heterocycles. The molecule has 0 bridgehead atoms. The Hall–Kier alpha value is -0.780. The van der Waals surface area contributed by atoms with Crippen LogP contribution in [0.1, 0.15) is 0 Å². The van der Waals surface area contributed by atoms with Gasteiger partial charge in [0.25, 0.3) is 0 Å². The molecular formula is C8H10. The smallest absolute Gasteiger partial charge is 0.00416 e. The van der Waals surface area contributed by atoms with Crippen molar-refractivity contribution in [3.8, 4) is 0 Å². The molecule has 0 radical (unpaired) electrons. The molecule has 1 rings (SSSR count). The quantitative estimate of drug-likeness (QED) is 0.473. The molecule has 42 valence electrons. The molecule has 0 fully saturated rings. The van der Waals surface area contributed by atoms with Gasteiger partial charge < -0.3 is 0 Å². The van der Waals surface area contributed by atoms with Crippen LogP contribution in [0, 0.1) is 11.8 Å². The van der Waals surface area contributed by atoms with Crippen LogP contribution in [0.5, 0.6) is 0 Å². The molecule has 0 aromatic carbocycles. The summed E-state index contributed by atoms with van der Waals surface area (Å²) in [6, 6.07) is 0. The lowest BCUT2D eigenvalue weighted by Gasteiger charge is -2.22. The average molecular weight is 106 g/mol. The normalized spacial score (nSPS) is 33.5. The molecule has 0 spiro atoms. The van der Waals surface area contributed by atoms with E-state index < -0.39 is 0 Å². The largest absolute Gasteiger partial charge is 0.102 e. The fourth-order valence-corrected chi connectivity index (χ4v) is 0.839. The molecule has 0 N–H and O–H groups in total. The molecule has 0 aromatic heterocycles. The van der Waals surface area contributed by atoms with E-state index >= 15 is 0 Å². The first kappa shape index (κ1) is 5.36. The number of rotatable bonds is 2. The second-order valence-corrected chi connectivity index (χ2v) is 2.01. The first-order valence-corrected chi connectivity index (χ1v) is 2.82. The van der Waals surface area contributed by atoms with E-state index in [0.717, 1.165) is 0 Å². The third kappa shape index (κ3) is 0.623. The van der Waals surface area contributed by atoms with Crippen LogP contribution in [0.3, 0.4) is 0 Å². The highest BCUT2D eigenvalue weighted by molar-refractivity contribution is 5.19. The van der Waals surface area contributed by atoms with E-state index in [1.807, 2.05) is 12.2 Å². The van der Waals surface area contributed by atoms with E-state index in [1.54, 1.807) is 0 Å². The average Bonchev–Trinajstić information content (AvgIpc) is 1.66. The highest BCUT2D eigenvalue weighted by Gasteiger charge is 2.16. The second kappa shape index (κ2) is 1.99. The van der Waals surface area contributed by atoms with Crippen molar-refractivity contribution in [2.24, 2.45) is 11.8 Å². The van der Waals surface area contributed by atoms with E-state index in [1.165, 1.54) is 0 Å². The van der Waals surface area contributed by atoms with Gasteiger partial charge in [0.2, 0.25) is 0 Å². The molecule has 8 heavy (non-hydrogen) atoms. The summed E-state index contributed by atoms with van der Waals surface area (Å²) < 4.78 is 0. The predicted molar refractivity (Wildman–Crippen MR) is 36.5 cm³/mol. The Morgan fingerprint density at radius 3 is 1.50 bits per heavy atom. The van der Waals surface area contributed by atoms with Crippen molar-refractivity contribution in [1.29, 1.82) is 0 Å². The van der Waals surface area contributed by atoms with Crippen molar-refractivity contribution < 1.29 is 0 Å². The van der Waals surface area contributed by atoms with Crippen LogP contribution >= 0.6 is 0 Å². The van der Waals surface area contributed by atoms with Gasteiger partial charge in [-0.2, -0.15) is 0 Å². The monoisotopic (exact) mass is 106 g/mol. The maximum Gasteiger partial charge on any atom is 0.00416 e. The summed E-state index contributed by atoms with van der Waals surface area (Å²) in [5.74, 6) is 1.12. The summed E-state index contributed by atoms with van der Waals surface area (Å²) in [4.78, 5) is 0. The molecule has 0 nitrogen and oxygen atoms in total. The van der Waals surface area contributed by atoms with Crippen molar-refractivity contribution in [3.05, 3.63) is 37.5 Å². The molecule has 2 atom stereocenters. The topological polar surface area (TPSA) is 0 Å². The van der Waals surface area contributed by atoms with Crippen LogP contribution in [-0.4, -0.2) is 0 Å². The van der Waals surface area contributed by atoms with Crippen molar-refractivity contribution in [2.45, 2.75) is 0 Å². The Morgan fingerprint density at radius 2 is 1.38 bits per heavy atom. The lowest BCUT2D eigenvalue weighted by atomic mass is 9.83. The fourth-order valence-electron chi connectivity index (χ4n) is 0.839. The van der Waals surface area contributed by atoms with Gasteiger partial charge in [0.05, 0.1) is 0 Å². The van der Waals surface area contributed by atoms with Gasteiger partial charge in [-0.15, -0.1) is 13.2 Å². The number of hydrogen-bond donors (Lipinski definition) is 0. The summed E-state index contributed by atoms with van der Waals surface area (Å²) >= 11 is 0. The first-order chi connectivity index (χ1) is 3.88. The minimum Gasteiger partial charge on any atom is -0.102 e. The summed E-state index contributed by atoms with van der Waals surface area (Å²) in [5.41, 5.74) is 0. The van der Waals surface area contributed by atoms with Gasteiger partial charge in [0.15, 0.2) is 0 Å². The zero-order valence-corrected chi connectivity index (χ0v) is 4.88. The van der Waals surface area contributed by atoms with Crippen LogP contribution in [0.25, 0.3) is 0 Å². The van der Waals surface area contributed by atoms with E-state index in [2.05, 4.69) is 25.3 Å². The van der Waals surface area contributed by atoms with Gasteiger partial charge in [0, 0.05) is 11.8 Å². The standard InChI is InChI=1S/C8H10/c1-3-7-5-6-8(7)4-2/h3-8H,1-2H2/t7-,8+. The third-order valence-corrected chi connectivity index (χ3v) is 1.54. The van der Waals surface area contributed by atoms with Crippen LogP contribution in [0.4, 0.5) is 0 Å². The van der Waals surface area contributed by atoms with Crippen LogP contribution in [0.15, 0.2) is 37.5 Å². The van der Waals surface area contributed by atoms with E-state index in [-0.39, 0.29) is 0 Å². The zero-order chi connectivity index (χ0) is 5.98. The second-order valence-electron chi connectivity index (χ2n) is 2.01. The summed E-state index contributed by atoms with van der Waals surface area (Å²) in [7, 11) is 0. The van der Waals surface area contributed by atoms with Crippen molar-refractivity contribution in [3.63, 3.8) is 0 Å². The Balaban J connectivity index is 2.52. The fraction of sp³-hybridized carbons (Fsp3) is 0.250. The lowest BCUT2D eigenvalue weighted by Crippen LogP contribution is -2.12. The Labute approximate surface area is 50.2 Å². The van der Waals surface area contributed by atoms with Crippen molar-refractivity contribution >= 4 is 0 Å². The maximum atomic E-state index is 3.68. The zero-order valence-electron chi connectivity index (χ0n) is 4.88. The maximum absolute atomic E-state index is 3.68. The first-order valence-electron chi connectivity index (χ1n) is 2.82. The molecule has 0 saturated carbocycles. The van der Waals surface area contributed by atoms with Gasteiger partial charge in [-0.1, -0.05) is 24.3 Å². The van der Waals surface area contributed by atoms with Crippen LogP contribution in [0.2, 0.25) is 0 Å². The molecule has 0 aliphatic heterocycles. The molecule has 0 unspecified atom stereocenters. The van der Waals surface area contributed by atoms with Gasteiger partial charge in [-0.05, 0) is 0 Å². The minimum absolute atomic E-state index is 0.562. The van der Waals surface area contributed by atoms with E-state index in [0.29, 0.717) is 11.8 Å². The van der Waals surface area contributed by atoms with E-state index in [9.17, 15) is 0 Å². The molecule has 0 amide bonds. The molecule has 0 heteroatoms. The lowest BCUT2D eigenvalue weighted by molar-refractivity contribution is 0.612. The van der Waals surface area contributed by atoms with Crippen molar-refractivity contribution in [2.75, 3.05) is 0 Å². The van der Waals surface area contributed by atoms with Gasteiger partial charge in [-0.25, -0.2) is 0 Å². The Morgan fingerprint density at radius 1 is 1.00 bits per heavy atom. The summed E-state index contributed by atoms with van der Waals surface area (Å²) in [6.45, 7) is 7.36. The van der Waals surface area contributed by atoms with Crippen LogP contribution in [-0.2, 0) is 0 Å². The molecular weight excluding hydrogens is 96.1 g/mol. The minimum atomic E-state index is 0.562. The number of allylic oxidation sites excluding steroid dienone is 4. The third-order valence-electron chi connectivity index (χ3n) is 1.54. The highest BCUT2D eigenvalue weighted by atomic mass is 14.2. The van der Waals surface area contributed by atoms with Crippen LogP contribution < -0.4 is 0 Å². The number of hydrogen-bond acceptors (Lipinski definition) is 0. The highest BCUT2D eigenvalue weighted by Crippen LogP contribution is 2.26. The molecule has 1 aliphatic rings. The predicted octanol–water partition coefficient (Wildman–Crippen LogP) is 2.16. The van der Waals surface area contributed by atoms with Gasteiger partial charge in [0.1, 0.15) is 0 Å². The SMILES string of the molecule is C=C[C@@H]1C=C[C@@H]1C=C. The molecule has 0 saturated heterocycles. The summed E-state index contributed by atoms with van der Waals surface area (Å²) in [6.07, 6.45) is 8.18. The molecule has 1 aliphatic carbocycles. The van der Waals surface area contributed by atoms with Gasteiger partial charge >= 0.3 is 0 Å². The van der Waals surface area contributed by atoms with E-state index in [4.69, 9.17) is 0 Å². The summed E-state index contributed by atoms with van der Waals surface area (Å²) in [5, 5.41) is 0. The Kier molecular flexibility index (Phi) is 1.34. The van der Waals surface area contributed by atoms with Gasteiger partial charge in [-0.3, -0.25) is 0 Å². The Bertz CT molecular complexity index is 115.